The summed E-state index contributed by atoms with van der Waals surface area (Å²) < 4.78 is 80.0. The Labute approximate surface area is 295 Å². The molecular formula is C48H30O. The van der Waals surface area contributed by atoms with E-state index in [0.29, 0.717) is 27.9 Å². The van der Waals surface area contributed by atoms with E-state index < -0.39 is 24.2 Å². The van der Waals surface area contributed by atoms with Gasteiger partial charge in [0, 0.05) is 21.9 Å². The molecule has 49 heavy (non-hydrogen) atoms. The van der Waals surface area contributed by atoms with Gasteiger partial charge < -0.3 is 4.42 Å². The Morgan fingerprint density at radius 1 is 0.347 bits per heavy atom. The van der Waals surface area contributed by atoms with Gasteiger partial charge in [0.25, 0.3) is 0 Å². The van der Waals surface area contributed by atoms with Crippen LogP contribution in [0.3, 0.4) is 0 Å². The zero-order valence-electron chi connectivity index (χ0n) is 34.1. The summed E-state index contributed by atoms with van der Waals surface area (Å²) >= 11 is 0. The lowest BCUT2D eigenvalue weighted by Crippen LogP contribution is -1.91. The maximum atomic E-state index is 9.46. The molecule has 9 aromatic carbocycles. The minimum Gasteiger partial charge on any atom is -0.455 e. The monoisotopic (exact) mass is 630 g/mol. The van der Waals surface area contributed by atoms with Crippen molar-refractivity contribution in [2.75, 3.05) is 0 Å². The predicted molar refractivity (Wildman–Crippen MR) is 208 cm³/mol. The maximum Gasteiger partial charge on any atom is 0.143 e. The van der Waals surface area contributed by atoms with E-state index in [1.165, 1.54) is 0 Å². The minimum absolute atomic E-state index is 0.166. The number of fused-ring (bicyclic) bond motifs is 6. The lowest BCUT2D eigenvalue weighted by molar-refractivity contribution is 0.671. The SMILES string of the molecule is [2H]c1c([2H])c([2H])c2c(-c3cc(-c4ccccc4)c4oc5c(-c6ccccc6)c6ccccc6cc5c4c3)c3c([2H])c([2H])c([2H])c([2H])c3c(-c3ccccc3)c2c1[2H]. The lowest BCUT2D eigenvalue weighted by Gasteiger charge is -2.18. The van der Waals surface area contributed by atoms with Gasteiger partial charge in [-0.3, -0.25) is 0 Å². The molecule has 1 aromatic heterocycles. The van der Waals surface area contributed by atoms with E-state index in [1.807, 2.05) is 78.9 Å². The van der Waals surface area contributed by atoms with Crippen LogP contribution in [0.4, 0.5) is 0 Å². The molecule has 0 aliphatic carbocycles. The first-order valence-corrected chi connectivity index (χ1v) is 16.2. The number of hydrogen-bond donors (Lipinski definition) is 0. The first-order chi connectivity index (χ1) is 27.7. The molecule has 0 fully saturated rings. The van der Waals surface area contributed by atoms with Crippen LogP contribution in [0.15, 0.2) is 186 Å². The average molecular weight is 631 g/mol. The molecule has 0 saturated heterocycles. The smallest absolute Gasteiger partial charge is 0.143 e. The molecule has 10 rings (SSSR count). The van der Waals surface area contributed by atoms with Gasteiger partial charge in [-0.2, -0.15) is 0 Å². The highest BCUT2D eigenvalue weighted by molar-refractivity contribution is 6.24. The van der Waals surface area contributed by atoms with Crippen LogP contribution in [0.5, 0.6) is 0 Å². The van der Waals surface area contributed by atoms with Crippen LogP contribution >= 0.6 is 0 Å². The van der Waals surface area contributed by atoms with Gasteiger partial charge in [0.1, 0.15) is 11.2 Å². The Kier molecular flexibility index (Phi) is 4.69. The zero-order valence-corrected chi connectivity index (χ0v) is 26.1. The molecule has 228 valence electrons. The Hall–Kier alpha value is -6.44. The van der Waals surface area contributed by atoms with Crippen LogP contribution in [0.1, 0.15) is 11.0 Å². The molecule has 0 saturated carbocycles. The van der Waals surface area contributed by atoms with Crippen LogP contribution in [0.2, 0.25) is 0 Å². The molecule has 1 heterocycles. The van der Waals surface area contributed by atoms with Gasteiger partial charge in [0.05, 0.1) is 11.0 Å². The molecule has 0 unspecified atom stereocenters. The largest absolute Gasteiger partial charge is 0.455 e. The predicted octanol–water partition coefficient (Wildman–Crippen LogP) is 13.7. The molecular weight excluding hydrogens is 593 g/mol. The number of benzene rings is 9. The Balaban J connectivity index is 1.47. The average Bonchev–Trinajstić information content (AvgIpc) is 3.62. The standard InChI is InChI=1S/C48H30O/c1-4-16-31(17-5-1)41-29-35(45-39-26-14-12-24-37(39)44(32-18-6-2-7-19-32)38-25-13-15-27-40(38)45)30-42-43-28-34-22-10-11-23-36(34)46(48(43)49-47(41)42)33-20-8-3-9-21-33/h1-30H/i12D,13D,14D,15D,24D,25D,26D,27D. The summed E-state index contributed by atoms with van der Waals surface area (Å²) in [6.45, 7) is 0. The first kappa shape index (κ1) is 20.7. The number of hydrogen-bond acceptors (Lipinski definition) is 1. The van der Waals surface area contributed by atoms with Crippen LogP contribution < -0.4 is 0 Å². The molecule has 0 spiro atoms. The molecule has 0 bridgehead atoms. The lowest BCUT2D eigenvalue weighted by atomic mass is 9.85. The number of furan rings is 1. The van der Waals surface area contributed by atoms with Crippen molar-refractivity contribution in [3.8, 4) is 44.5 Å². The van der Waals surface area contributed by atoms with Crippen molar-refractivity contribution < 1.29 is 15.4 Å². The summed E-state index contributed by atoms with van der Waals surface area (Å²) in [5, 5.41) is 4.30. The Morgan fingerprint density at radius 3 is 1.41 bits per heavy atom. The van der Waals surface area contributed by atoms with Crippen molar-refractivity contribution in [3.05, 3.63) is 182 Å². The normalized spacial score (nSPS) is 14.0. The molecule has 0 aliphatic rings. The van der Waals surface area contributed by atoms with Gasteiger partial charge in [-0.15, -0.1) is 0 Å². The van der Waals surface area contributed by atoms with E-state index in [9.17, 15) is 5.48 Å². The fourth-order valence-electron chi connectivity index (χ4n) is 7.35. The van der Waals surface area contributed by atoms with Gasteiger partial charge in [0.15, 0.2) is 0 Å². The Bertz CT molecular complexity index is 3220. The van der Waals surface area contributed by atoms with Crippen LogP contribution in [0, 0.1) is 0 Å². The second kappa shape index (κ2) is 11.1. The summed E-state index contributed by atoms with van der Waals surface area (Å²) in [5.74, 6) is 0. The maximum absolute atomic E-state index is 9.46. The third-order valence-corrected chi connectivity index (χ3v) is 9.46. The molecule has 10 aromatic rings. The molecule has 0 atom stereocenters. The van der Waals surface area contributed by atoms with E-state index in [0.717, 1.165) is 43.8 Å². The minimum atomic E-state index is -0.440. The van der Waals surface area contributed by atoms with Gasteiger partial charge in [-0.25, -0.2) is 0 Å². The van der Waals surface area contributed by atoms with Crippen LogP contribution in [-0.2, 0) is 0 Å². The van der Waals surface area contributed by atoms with Crippen molar-refractivity contribution in [1.82, 2.24) is 0 Å². The third kappa shape index (κ3) is 4.33. The third-order valence-electron chi connectivity index (χ3n) is 9.46. The van der Waals surface area contributed by atoms with Crippen LogP contribution in [0.25, 0.3) is 98.8 Å². The highest BCUT2D eigenvalue weighted by Crippen LogP contribution is 2.48. The highest BCUT2D eigenvalue weighted by Gasteiger charge is 2.22. The van der Waals surface area contributed by atoms with Gasteiger partial charge in [0.2, 0.25) is 0 Å². The molecule has 0 amide bonds. The van der Waals surface area contributed by atoms with Crippen LogP contribution in [-0.4, -0.2) is 0 Å². The summed E-state index contributed by atoms with van der Waals surface area (Å²) in [6, 6.07) is 40.1. The molecule has 0 aliphatic heterocycles. The fraction of sp³-hybridized carbons (Fsp3) is 0. The topological polar surface area (TPSA) is 13.1 Å². The van der Waals surface area contributed by atoms with Crippen molar-refractivity contribution >= 4 is 54.3 Å². The second-order valence-electron chi connectivity index (χ2n) is 12.2. The molecule has 0 N–H and O–H groups in total. The zero-order chi connectivity index (χ0) is 39.3. The molecule has 1 heteroatoms. The number of rotatable bonds is 4. The van der Waals surface area contributed by atoms with Gasteiger partial charge >= 0.3 is 0 Å². The molecule has 0 radical (unpaired) electrons. The quantitative estimate of drug-likeness (QED) is 0.176. The van der Waals surface area contributed by atoms with E-state index in [2.05, 4.69) is 30.3 Å². The molecule has 1 nitrogen and oxygen atoms in total. The van der Waals surface area contributed by atoms with Gasteiger partial charge in [-0.1, -0.05) is 164 Å². The summed E-state index contributed by atoms with van der Waals surface area (Å²) in [5.41, 5.74) is 6.47. The fourth-order valence-corrected chi connectivity index (χ4v) is 7.35. The van der Waals surface area contributed by atoms with E-state index >= 15 is 0 Å². The summed E-state index contributed by atoms with van der Waals surface area (Å²) in [6.07, 6.45) is 0. The van der Waals surface area contributed by atoms with Gasteiger partial charge in [-0.05, 0) is 83.9 Å². The Morgan fingerprint density at radius 2 is 0.816 bits per heavy atom. The highest BCUT2D eigenvalue weighted by atomic mass is 16.3. The van der Waals surface area contributed by atoms with E-state index in [-0.39, 0.29) is 51.3 Å². The van der Waals surface area contributed by atoms with Crippen molar-refractivity contribution in [1.29, 1.82) is 0 Å². The summed E-state index contributed by atoms with van der Waals surface area (Å²) in [7, 11) is 0. The summed E-state index contributed by atoms with van der Waals surface area (Å²) in [4.78, 5) is 0. The van der Waals surface area contributed by atoms with Crippen molar-refractivity contribution in [2.45, 2.75) is 0 Å². The van der Waals surface area contributed by atoms with E-state index in [1.54, 1.807) is 24.3 Å². The first-order valence-electron chi connectivity index (χ1n) is 20.2. The van der Waals surface area contributed by atoms with E-state index in [4.69, 9.17) is 9.90 Å². The van der Waals surface area contributed by atoms with Crippen molar-refractivity contribution in [3.63, 3.8) is 0 Å². The second-order valence-corrected chi connectivity index (χ2v) is 12.2. The van der Waals surface area contributed by atoms with Crippen molar-refractivity contribution in [2.24, 2.45) is 0 Å².